The predicted octanol–water partition coefficient (Wildman–Crippen LogP) is 4.81. The van der Waals surface area contributed by atoms with Gasteiger partial charge in [-0.25, -0.2) is 0 Å². The van der Waals surface area contributed by atoms with E-state index in [0.717, 1.165) is 29.9 Å². The number of hydrogen-bond donors (Lipinski definition) is 1. The molecule has 2 heteroatoms. The molecule has 20 heavy (non-hydrogen) atoms. The summed E-state index contributed by atoms with van der Waals surface area (Å²) >= 11 is 0. The molecule has 0 aromatic heterocycles. The van der Waals surface area contributed by atoms with E-state index in [2.05, 4.69) is 20.1 Å². The number of allylic oxidation sites excluding steroid dienone is 2. The van der Waals surface area contributed by atoms with Crippen molar-refractivity contribution in [2.45, 2.75) is 45.4 Å². The average molecular weight is 274 g/mol. The molecule has 0 radical (unpaired) electrons. The van der Waals surface area contributed by atoms with Crippen molar-refractivity contribution in [3.05, 3.63) is 48.6 Å². The van der Waals surface area contributed by atoms with Gasteiger partial charge in [0.25, 0.3) is 0 Å². The highest BCUT2D eigenvalue weighted by atomic mass is 16.5. The van der Waals surface area contributed by atoms with Crippen molar-refractivity contribution in [3.8, 4) is 11.5 Å². The van der Waals surface area contributed by atoms with Crippen molar-refractivity contribution in [1.29, 1.82) is 0 Å². The van der Waals surface area contributed by atoms with Gasteiger partial charge in [0.05, 0.1) is 6.61 Å². The third kappa shape index (κ3) is 5.12. The Morgan fingerprint density at radius 1 is 1.05 bits per heavy atom. The Morgan fingerprint density at radius 2 is 1.65 bits per heavy atom. The Bertz CT molecular complexity index is 404. The molecule has 0 unspecified atom stereocenters. The zero-order valence-corrected chi connectivity index (χ0v) is 12.5. The largest absolute Gasteiger partial charge is 0.507 e. The van der Waals surface area contributed by atoms with E-state index >= 15 is 0 Å². The van der Waals surface area contributed by atoms with E-state index in [1.807, 2.05) is 12.1 Å². The number of aromatic hydroxyl groups is 1. The molecular weight excluding hydrogens is 248 g/mol. The lowest BCUT2D eigenvalue weighted by Crippen LogP contribution is -1.99. The topological polar surface area (TPSA) is 29.5 Å². The Balaban J connectivity index is 2.73. The summed E-state index contributed by atoms with van der Waals surface area (Å²) in [4.78, 5) is 0. The monoisotopic (exact) mass is 274 g/mol. The number of ether oxygens (including phenoxy) is 1. The molecule has 110 valence electrons. The van der Waals surface area contributed by atoms with Crippen molar-refractivity contribution in [2.75, 3.05) is 6.61 Å². The number of benzene rings is 1. The first-order chi connectivity index (χ1) is 9.72. The molecule has 0 aliphatic carbocycles. The molecular formula is C18H26O2. The summed E-state index contributed by atoms with van der Waals surface area (Å²) in [6.07, 6.45) is 9.62. The molecule has 1 aromatic rings. The van der Waals surface area contributed by atoms with Crippen LogP contribution in [0.4, 0.5) is 0 Å². The minimum atomic E-state index is 0.336. The maximum Gasteiger partial charge on any atom is 0.122 e. The van der Waals surface area contributed by atoms with Crippen LogP contribution in [-0.4, -0.2) is 11.7 Å². The van der Waals surface area contributed by atoms with Crippen molar-refractivity contribution in [3.63, 3.8) is 0 Å². The van der Waals surface area contributed by atoms with Crippen molar-refractivity contribution >= 4 is 0 Å². The molecule has 1 aromatic carbocycles. The SMILES string of the molecule is C=CCc1cc(OCCCCCC)cc(CC=C)c1O. The summed E-state index contributed by atoms with van der Waals surface area (Å²) in [6.45, 7) is 10.4. The van der Waals surface area contributed by atoms with Gasteiger partial charge in [-0.1, -0.05) is 38.3 Å². The van der Waals surface area contributed by atoms with Crippen LogP contribution < -0.4 is 4.74 Å². The molecule has 0 aliphatic rings. The van der Waals surface area contributed by atoms with Gasteiger partial charge in [0.15, 0.2) is 0 Å². The molecule has 2 nitrogen and oxygen atoms in total. The number of hydrogen-bond acceptors (Lipinski definition) is 2. The molecule has 0 saturated carbocycles. The molecule has 0 atom stereocenters. The van der Waals surface area contributed by atoms with Crippen LogP contribution in [0.3, 0.4) is 0 Å². The molecule has 1 rings (SSSR count). The van der Waals surface area contributed by atoms with E-state index in [0.29, 0.717) is 18.6 Å². The van der Waals surface area contributed by atoms with Gasteiger partial charge < -0.3 is 9.84 Å². The summed E-state index contributed by atoms with van der Waals surface area (Å²) < 4.78 is 5.80. The minimum absolute atomic E-state index is 0.336. The van der Waals surface area contributed by atoms with Gasteiger partial charge in [0.1, 0.15) is 11.5 Å². The second kappa shape index (κ2) is 9.24. The van der Waals surface area contributed by atoms with Crippen molar-refractivity contribution in [2.24, 2.45) is 0 Å². The van der Waals surface area contributed by atoms with E-state index in [9.17, 15) is 5.11 Å². The lowest BCUT2D eigenvalue weighted by Gasteiger charge is -2.12. The van der Waals surface area contributed by atoms with Crippen LogP contribution in [0.5, 0.6) is 11.5 Å². The first-order valence-corrected chi connectivity index (χ1v) is 7.42. The second-order valence-electron chi connectivity index (χ2n) is 4.98. The molecule has 1 N–H and O–H groups in total. The van der Waals surface area contributed by atoms with E-state index in [4.69, 9.17) is 4.74 Å². The van der Waals surface area contributed by atoms with Gasteiger partial charge >= 0.3 is 0 Å². The standard InChI is InChI=1S/C18H26O2/c1-4-7-8-9-12-20-17-13-15(10-5-2)18(19)16(14-17)11-6-3/h5-6,13-14,19H,2-4,7-12H2,1H3. The average Bonchev–Trinajstić information content (AvgIpc) is 2.44. The predicted molar refractivity (Wildman–Crippen MR) is 85.5 cm³/mol. The number of rotatable bonds is 10. The van der Waals surface area contributed by atoms with E-state index in [1.54, 1.807) is 12.2 Å². The van der Waals surface area contributed by atoms with Gasteiger partial charge in [0, 0.05) is 11.1 Å². The summed E-state index contributed by atoms with van der Waals surface area (Å²) in [6, 6.07) is 3.81. The van der Waals surface area contributed by atoms with Crippen LogP contribution in [0.15, 0.2) is 37.4 Å². The Hall–Kier alpha value is -1.70. The van der Waals surface area contributed by atoms with Gasteiger partial charge in [0.2, 0.25) is 0 Å². The van der Waals surface area contributed by atoms with Crippen molar-refractivity contribution < 1.29 is 9.84 Å². The van der Waals surface area contributed by atoms with Gasteiger partial charge in [-0.2, -0.15) is 0 Å². The molecule has 0 saturated heterocycles. The third-order valence-corrected chi connectivity index (χ3v) is 3.24. The molecule has 0 fully saturated rings. The van der Waals surface area contributed by atoms with Crippen LogP contribution in [0.1, 0.15) is 43.7 Å². The summed E-state index contributed by atoms with van der Waals surface area (Å²) in [5.74, 6) is 1.16. The minimum Gasteiger partial charge on any atom is -0.507 e. The van der Waals surface area contributed by atoms with Crippen molar-refractivity contribution in [1.82, 2.24) is 0 Å². The van der Waals surface area contributed by atoms with E-state index in [1.165, 1.54) is 19.3 Å². The highest BCUT2D eigenvalue weighted by molar-refractivity contribution is 5.47. The maximum atomic E-state index is 10.2. The normalized spacial score (nSPS) is 10.2. The molecule has 0 heterocycles. The van der Waals surface area contributed by atoms with Gasteiger partial charge in [-0.3, -0.25) is 0 Å². The highest BCUT2D eigenvalue weighted by Crippen LogP contribution is 2.30. The smallest absolute Gasteiger partial charge is 0.122 e. The zero-order valence-electron chi connectivity index (χ0n) is 12.5. The van der Waals surface area contributed by atoms with Gasteiger partial charge in [-0.15, -0.1) is 13.2 Å². The maximum absolute atomic E-state index is 10.2. The Kier molecular flexibility index (Phi) is 7.56. The molecule has 0 bridgehead atoms. The molecule has 0 amide bonds. The van der Waals surface area contributed by atoms with E-state index < -0.39 is 0 Å². The highest BCUT2D eigenvalue weighted by Gasteiger charge is 2.09. The number of phenols is 1. The lowest BCUT2D eigenvalue weighted by molar-refractivity contribution is 0.304. The van der Waals surface area contributed by atoms with Gasteiger partial charge in [-0.05, 0) is 31.4 Å². The second-order valence-corrected chi connectivity index (χ2v) is 4.98. The number of phenolic OH excluding ortho intramolecular Hbond substituents is 1. The van der Waals surface area contributed by atoms with Crippen LogP contribution in [0, 0.1) is 0 Å². The summed E-state index contributed by atoms with van der Waals surface area (Å²) in [5, 5.41) is 10.2. The number of unbranched alkanes of at least 4 members (excludes halogenated alkanes) is 3. The van der Waals surface area contributed by atoms with Crippen LogP contribution >= 0.6 is 0 Å². The zero-order chi connectivity index (χ0) is 14.8. The fourth-order valence-corrected chi connectivity index (χ4v) is 2.15. The first-order valence-electron chi connectivity index (χ1n) is 7.42. The van der Waals surface area contributed by atoms with Crippen LogP contribution in [0.25, 0.3) is 0 Å². The third-order valence-electron chi connectivity index (χ3n) is 3.24. The quantitative estimate of drug-likeness (QED) is 0.490. The fraction of sp³-hybridized carbons (Fsp3) is 0.444. The summed E-state index contributed by atoms with van der Waals surface area (Å²) in [7, 11) is 0. The first kappa shape index (κ1) is 16.4. The summed E-state index contributed by atoms with van der Waals surface area (Å²) in [5.41, 5.74) is 1.73. The Morgan fingerprint density at radius 3 is 2.15 bits per heavy atom. The van der Waals surface area contributed by atoms with E-state index in [-0.39, 0.29) is 0 Å². The fourth-order valence-electron chi connectivity index (χ4n) is 2.15. The van der Waals surface area contributed by atoms with Crippen LogP contribution in [0.2, 0.25) is 0 Å². The van der Waals surface area contributed by atoms with Crippen LogP contribution in [-0.2, 0) is 12.8 Å². The lowest BCUT2D eigenvalue weighted by atomic mass is 10.0. The Labute approximate surface area is 122 Å². The molecule has 0 aliphatic heterocycles. The molecule has 0 spiro atoms.